The van der Waals surface area contributed by atoms with E-state index in [1.165, 1.54) is 19.4 Å². The number of rotatable bonds is 2. The summed E-state index contributed by atoms with van der Waals surface area (Å²) in [6, 6.07) is 0.966. The second-order valence-electron chi connectivity index (χ2n) is 6.79. The van der Waals surface area contributed by atoms with Crippen molar-refractivity contribution in [3.8, 4) is 0 Å². The highest BCUT2D eigenvalue weighted by molar-refractivity contribution is 5.78. The third kappa shape index (κ3) is 3.23. The molecule has 1 N–H and O–H groups in total. The molecule has 2 fully saturated rings. The van der Waals surface area contributed by atoms with Gasteiger partial charge in [-0.25, -0.2) is 0 Å². The van der Waals surface area contributed by atoms with Crippen molar-refractivity contribution in [2.75, 3.05) is 26.2 Å². The van der Waals surface area contributed by atoms with Gasteiger partial charge in [0.2, 0.25) is 5.91 Å². The molecule has 1 amide bonds. The van der Waals surface area contributed by atoms with Crippen molar-refractivity contribution in [2.45, 2.75) is 58.2 Å². The van der Waals surface area contributed by atoms with E-state index in [9.17, 15) is 4.79 Å². The number of hydrogen-bond donors (Lipinski definition) is 1. The molecule has 4 heteroatoms. The van der Waals surface area contributed by atoms with Crippen LogP contribution in [0.1, 0.15) is 40.5 Å². The lowest BCUT2D eigenvalue weighted by molar-refractivity contribution is -0.136. The summed E-state index contributed by atoms with van der Waals surface area (Å²) in [5.41, 5.74) is 0.00801. The number of fused-ring (bicyclic) bond motifs is 1. The van der Waals surface area contributed by atoms with E-state index in [4.69, 9.17) is 0 Å². The number of carbonyl (C=O) groups excluding carboxylic acids is 1. The molecule has 0 bridgehead atoms. The van der Waals surface area contributed by atoms with E-state index < -0.39 is 0 Å². The number of amides is 1. The van der Waals surface area contributed by atoms with Gasteiger partial charge in [0.05, 0.1) is 6.54 Å². The Morgan fingerprint density at radius 3 is 2.72 bits per heavy atom. The normalized spacial score (nSPS) is 29.4. The van der Waals surface area contributed by atoms with E-state index >= 15 is 0 Å². The molecule has 0 spiro atoms. The Morgan fingerprint density at radius 2 is 2.06 bits per heavy atom. The fourth-order valence-corrected chi connectivity index (χ4v) is 2.98. The van der Waals surface area contributed by atoms with Crippen LogP contribution in [0.4, 0.5) is 0 Å². The lowest BCUT2D eigenvalue weighted by atomic mass is 10.1. The second-order valence-corrected chi connectivity index (χ2v) is 6.79. The first kappa shape index (κ1) is 13.8. The lowest BCUT2D eigenvalue weighted by Gasteiger charge is -2.42. The molecular weight excluding hydrogens is 226 g/mol. The maximum atomic E-state index is 12.3. The fourth-order valence-electron chi connectivity index (χ4n) is 2.98. The first-order valence-electron chi connectivity index (χ1n) is 7.15. The number of nitrogens with one attached hydrogen (secondary N) is 1. The molecule has 2 rings (SSSR count). The summed E-state index contributed by atoms with van der Waals surface area (Å²) < 4.78 is 0. The van der Waals surface area contributed by atoms with Crippen molar-refractivity contribution in [2.24, 2.45) is 0 Å². The number of nitrogens with zero attached hydrogens (tertiary/aromatic N) is 2. The van der Waals surface area contributed by atoms with Crippen LogP contribution >= 0.6 is 0 Å². The Kier molecular flexibility index (Phi) is 3.97. The molecule has 2 aliphatic rings. The van der Waals surface area contributed by atoms with Gasteiger partial charge in [0.15, 0.2) is 0 Å². The van der Waals surface area contributed by atoms with Crippen LogP contribution in [0.3, 0.4) is 0 Å². The third-order valence-corrected chi connectivity index (χ3v) is 4.03. The van der Waals surface area contributed by atoms with Gasteiger partial charge in [-0.2, -0.15) is 0 Å². The van der Waals surface area contributed by atoms with Crippen LogP contribution in [-0.2, 0) is 4.79 Å². The van der Waals surface area contributed by atoms with Gasteiger partial charge in [0.1, 0.15) is 0 Å². The van der Waals surface area contributed by atoms with E-state index in [1.807, 2.05) is 0 Å². The minimum Gasteiger partial charge on any atom is -0.336 e. The van der Waals surface area contributed by atoms with Gasteiger partial charge in [0, 0.05) is 30.7 Å². The van der Waals surface area contributed by atoms with E-state index in [1.54, 1.807) is 0 Å². The minimum atomic E-state index is 0.00801. The first-order valence-corrected chi connectivity index (χ1v) is 7.15. The topological polar surface area (TPSA) is 35.6 Å². The largest absolute Gasteiger partial charge is 0.336 e. The van der Waals surface area contributed by atoms with Gasteiger partial charge in [-0.1, -0.05) is 0 Å². The molecule has 2 heterocycles. The molecule has 0 aromatic rings. The number of carbonyl (C=O) groups is 1. The molecule has 0 aromatic carbocycles. The van der Waals surface area contributed by atoms with Gasteiger partial charge < -0.3 is 10.2 Å². The van der Waals surface area contributed by atoms with Crippen LogP contribution < -0.4 is 5.32 Å². The predicted molar refractivity (Wildman–Crippen MR) is 73.5 cm³/mol. The average Bonchev–Trinajstić information content (AvgIpc) is 2.70. The van der Waals surface area contributed by atoms with E-state index in [0.717, 1.165) is 13.1 Å². The molecular formula is C14H27N3O. The second kappa shape index (κ2) is 5.17. The Morgan fingerprint density at radius 1 is 1.33 bits per heavy atom. The van der Waals surface area contributed by atoms with Crippen LogP contribution in [-0.4, -0.2) is 59.5 Å². The average molecular weight is 253 g/mol. The summed E-state index contributed by atoms with van der Waals surface area (Å²) in [4.78, 5) is 16.9. The first-order chi connectivity index (χ1) is 8.37. The zero-order valence-electron chi connectivity index (χ0n) is 12.2. The Balaban J connectivity index is 1.89. The molecule has 104 valence electrons. The molecule has 0 radical (unpaired) electrons. The Labute approximate surface area is 111 Å². The van der Waals surface area contributed by atoms with Gasteiger partial charge in [0.25, 0.3) is 0 Å². The van der Waals surface area contributed by atoms with E-state index in [-0.39, 0.29) is 11.4 Å². The molecule has 2 atom stereocenters. The summed E-state index contributed by atoms with van der Waals surface area (Å²) in [5, 5.41) is 3.29. The molecule has 0 saturated carbocycles. The Hall–Kier alpha value is -0.610. The molecule has 18 heavy (non-hydrogen) atoms. The third-order valence-electron chi connectivity index (χ3n) is 4.03. The van der Waals surface area contributed by atoms with E-state index in [2.05, 4.69) is 42.8 Å². The minimum absolute atomic E-state index is 0.00801. The van der Waals surface area contributed by atoms with Gasteiger partial charge in [-0.15, -0.1) is 0 Å². The highest BCUT2D eigenvalue weighted by atomic mass is 16.2. The van der Waals surface area contributed by atoms with Gasteiger partial charge >= 0.3 is 0 Å². The van der Waals surface area contributed by atoms with Gasteiger partial charge in [-0.3, -0.25) is 9.69 Å². The van der Waals surface area contributed by atoms with Crippen molar-refractivity contribution in [1.82, 2.24) is 15.1 Å². The van der Waals surface area contributed by atoms with Crippen LogP contribution in [0.15, 0.2) is 0 Å². The van der Waals surface area contributed by atoms with Crippen molar-refractivity contribution >= 4 is 5.91 Å². The maximum Gasteiger partial charge on any atom is 0.236 e. The fraction of sp³-hybridized carbons (Fsp3) is 0.929. The van der Waals surface area contributed by atoms with Crippen molar-refractivity contribution in [1.29, 1.82) is 0 Å². The standard InChI is InChI=1S/C14H27N3O/c1-11-9-16-7-5-6-12(16)10-17(11)13(18)8-15-14(2,3)4/h11-12,15H,5-10H2,1-4H3. The SMILES string of the molecule is CC1CN2CCCC2CN1C(=O)CNC(C)(C)C. The Bertz CT molecular complexity index is 311. The summed E-state index contributed by atoms with van der Waals surface area (Å²) >= 11 is 0. The number of hydrogen-bond acceptors (Lipinski definition) is 3. The zero-order valence-corrected chi connectivity index (χ0v) is 12.2. The van der Waals surface area contributed by atoms with Crippen LogP contribution in [0.5, 0.6) is 0 Å². The molecule has 0 aliphatic carbocycles. The zero-order chi connectivity index (χ0) is 13.3. The highest BCUT2D eigenvalue weighted by Crippen LogP contribution is 2.24. The molecule has 2 saturated heterocycles. The summed E-state index contributed by atoms with van der Waals surface area (Å²) in [6.07, 6.45) is 2.54. The summed E-state index contributed by atoms with van der Waals surface area (Å²) in [6.45, 7) is 12.1. The summed E-state index contributed by atoms with van der Waals surface area (Å²) in [7, 11) is 0. The smallest absolute Gasteiger partial charge is 0.236 e. The van der Waals surface area contributed by atoms with E-state index in [0.29, 0.717) is 18.6 Å². The maximum absolute atomic E-state index is 12.3. The predicted octanol–water partition coefficient (Wildman–Crippen LogP) is 1.07. The molecule has 2 aliphatic heterocycles. The molecule has 2 unspecified atom stereocenters. The molecule has 0 aromatic heterocycles. The lowest BCUT2D eigenvalue weighted by Crippen LogP contribution is -2.58. The van der Waals surface area contributed by atoms with Gasteiger partial charge in [-0.05, 0) is 47.1 Å². The van der Waals surface area contributed by atoms with Crippen LogP contribution in [0.25, 0.3) is 0 Å². The highest BCUT2D eigenvalue weighted by Gasteiger charge is 2.36. The molecule has 4 nitrogen and oxygen atoms in total. The quantitative estimate of drug-likeness (QED) is 0.799. The van der Waals surface area contributed by atoms with Crippen molar-refractivity contribution in [3.05, 3.63) is 0 Å². The monoisotopic (exact) mass is 253 g/mol. The van der Waals surface area contributed by atoms with Crippen LogP contribution in [0.2, 0.25) is 0 Å². The van der Waals surface area contributed by atoms with Crippen molar-refractivity contribution < 1.29 is 4.79 Å². The van der Waals surface area contributed by atoms with Crippen LogP contribution in [0, 0.1) is 0 Å². The van der Waals surface area contributed by atoms with Crippen molar-refractivity contribution in [3.63, 3.8) is 0 Å². The summed E-state index contributed by atoms with van der Waals surface area (Å²) in [5.74, 6) is 0.254. The number of piperazine rings is 1.